The molecule has 0 heterocycles. The van der Waals surface area contributed by atoms with Crippen molar-refractivity contribution >= 4 is 63.1 Å². The van der Waals surface area contributed by atoms with Crippen LogP contribution in [0.3, 0.4) is 0 Å². The molecule has 8 heteroatoms. The van der Waals surface area contributed by atoms with E-state index in [-0.39, 0.29) is 18.4 Å². The molecule has 0 saturated carbocycles. The minimum absolute atomic E-state index is 0.146. The summed E-state index contributed by atoms with van der Waals surface area (Å²) in [5, 5.41) is 9.56. The van der Waals surface area contributed by atoms with Crippen molar-refractivity contribution in [2.75, 3.05) is 0 Å². The first kappa shape index (κ1) is 26.6. The van der Waals surface area contributed by atoms with E-state index in [1.807, 2.05) is 52.1 Å². The van der Waals surface area contributed by atoms with Crippen LogP contribution >= 0.6 is 45.2 Å². The van der Waals surface area contributed by atoms with Gasteiger partial charge in [0.25, 0.3) is 0 Å². The molecule has 0 spiro atoms. The Kier molecular flexibility index (Phi) is 8.35. The Labute approximate surface area is 215 Å². The molecule has 0 aliphatic heterocycles. The highest BCUT2D eigenvalue weighted by atomic mass is 127. The van der Waals surface area contributed by atoms with E-state index in [2.05, 4.69) is 0 Å². The predicted octanol–water partition coefficient (Wildman–Crippen LogP) is 5.71. The molecule has 0 saturated heterocycles. The van der Waals surface area contributed by atoms with E-state index in [0.717, 1.165) is 11.1 Å². The summed E-state index contributed by atoms with van der Waals surface area (Å²) in [5.41, 5.74) is 0.667. The molecule has 0 amide bonds. The van der Waals surface area contributed by atoms with E-state index in [0.29, 0.717) is 11.5 Å². The number of carboxylic acid groups (broad SMARTS) is 1. The number of rotatable bonds is 8. The summed E-state index contributed by atoms with van der Waals surface area (Å²) in [6, 6.07) is 13.7. The van der Waals surface area contributed by atoms with E-state index in [4.69, 9.17) is 9.47 Å². The van der Waals surface area contributed by atoms with Crippen LogP contribution in [0.4, 0.5) is 0 Å². The van der Waals surface area contributed by atoms with Crippen LogP contribution in [0.2, 0.25) is 0 Å². The predicted molar refractivity (Wildman–Crippen MR) is 139 cm³/mol. The number of carbonyl (C=O) groups is 3. The zero-order chi connectivity index (χ0) is 24.3. The Morgan fingerprint density at radius 3 is 1.28 bits per heavy atom. The lowest BCUT2D eigenvalue weighted by Gasteiger charge is -2.30. The first-order chi connectivity index (χ1) is 14.6. The Balaban J connectivity index is 2.33. The summed E-state index contributed by atoms with van der Waals surface area (Å²) >= 11 is 4.02. The number of carbonyl (C=O) groups excluding carboxylic acids is 2. The highest BCUT2D eigenvalue weighted by molar-refractivity contribution is 14.1. The maximum Gasteiger partial charge on any atom is 0.326 e. The maximum atomic E-state index is 12.1. The molecule has 0 bridgehead atoms. The zero-order valence-corrected chi connectivity index (χ0v) is 22.9. The van der Waals surface area contributed by atoms with Gasteiger partial charge in [-0.25, -0.2) is 0 Å². The van der Waals surface area contributed by atoms with E-state index >= 15 is 0 Å². The molecule has 0 aliphatic carbocycles. The largest absolute Gasteiger partial charge is 0.481 e. The van der Waals surface area contributed by atoms with E-state index in [9.17, 15) is 19.5 Å². The van der Waals surface area contributed by atoms with Gasteiger partial charge < -0.3 is 14.6 Å². The molecule has 0 unspecified atom stereocenters. The van der Waals surface area contributed by atoms with Gasteiger partial charge in [-0.05, 0) is 63.1 Å². The fourth-order valence-electron chi connectivity index (χ4n) is 2.91. The van der Waals surface area contributed by atoms with Crippen molar-refractivity contribution in [3.8, 4) is 11.5 Å². The molecule has 1 N–H and O–H groups in total. The monoisotopic (exact) mass is 664 g/mol. The van der Waals surface area contributed by atoms with Gasteiger partial charge in [-0.3, -0.25) is 14.4 Å². The summed E-state index contributed by atoms with van der Waals surface area (Å²) in [7, 11) is 0. The molecule has 6 nitrogen and oxygen atoms in total. The average molecular weight is 664 g/mol. The van der Waals surface area contributed by atoms with Crippen molar-refractivity contribution in [1.29, 1.82) is 0 Å². The molecule has 0 aromatic heterocycles. The molecular formula is C24H26I2O6. The number of alkyl halides is 2. The van der Waals surface area contributed by atoms with Gasteiger partial charge in [0.1, 0.15) is 18.3 Å². The number of aliphatic carboxylic acids is 1. The average Bonchev–Trinajstić information content (AvgIpc) is 2.67. The van der Waals surface area contributed by atoms with Crippen molar-refractivity contribution in [3.05, 3.63) is 59.7 Å². The SMILES string of the molecule is CC(C)(I)C(=O)Oc1ccc(C(C)(CC(=O)O)c2ccc(OC(=O)C(C)(C)I)cc2)cc1. The Bertz CT molecular complexity index is 912. The lowest BCUT2D eigenvalue weighted by Crippen LogP contribution is -2.29. The third-order valence-electron chi connectivity index (χ3n) is 4.88. The standard InChI is InChI=1S/C24H26I2O6/c1-22(2,25)20(29)31-17-10-6-15(7-11-17)24(5,14-19(27)28)16-8-12-18(13-9-16)32-21(30)23(3,4)26/h6-13H,14H2,1-5H3,(H,27,28). The van der Waals surface area contributed by atoms with Gasteiger partial charge in [0.15, 0.2) is 0 Å². The normalized spacial score (nSPS) is 12.2. The van der Waals surface area contributed by atoms with Crippen LogP contribution in [0.15, 0.2) is 48.5 Å². The third kappa shape index (κ3) is 6.90. The van der Waals surface area contributed by atoms with Crippen LogP contribution in [0.5, 0.6) is 11.5 Å². The molecule has 2 aromatic carbocycles. The molecule has 2 aromatic rings. The van der Waals surface area contributed by atoms with E-state index in [1.165, 1.54) is 0 Å². The fraction of sp³-hybridized carbons (Fsp3) is 0.375. The van der Waals surface area contributed by atoms with Crippen molar-refractivity contribution in [3.63, 3.8) is 0 Å². The van der Waals surface area contributed by atoms with Gasteiger partial charge >= 0.3 is 17.9 Å². The Morgan fingerprint density at radius 2 is 1.03 bits per heavy atom. The lowest BCUT2D eigenvalue weighted by molar-refractivity contribution is -0.138. The molecular weight excluding hydrogens is 638 g/mol. The molecule has 2 rings (SSSR count). The molecule has 0 fully saturated rings. The molecule has 0 radical (unpaired) electrons. The highest BCUT2D eigenvalue weighted by Gasteiger charge is 2.33. The van der Waals surface area contributed by atoms with Gasteiger partial charge in [-0.1, -0.05) is 76.4 Å². The van der Waals surface area contributed by atoms with Gasteiger partial charge in [0.2, 0.25) is 0 Å². The Morgan fingerprint density at radius 1 is 0.719 bits per heavy atom. The molecule has 0 atom stereocenters. The smallest absolute Gasteiger partial charge is 0.326 e. The summed E-state index contributed by atoms with van der Waals surface area (Å²) in [6.07, 6.45) is -0.146. The topological polar surface area (TPSA) is 89.9 Å². The minimum atomic E-state index is -0.947. The first-order valence-electron chi connectivity index (χ1n) is 9.88. The van der Waals surface area contributed by atoms with Crippen LogP contribution in [0.25, 0.3) is 0 Å². The number of esters is 2. The van der Waals surface area contributed by atoms with Crippen LogP contribution in [-0.2, 0) is 19.8 Å². The van der Waals surface area contributed by atoms with Crippen LogP contribution in [-0.4, -0.2) is 29.9 Å². The van der Waals surface area contributed by atoms with Crippen LogP contribution in [0.1, 0.15) is 52.2 Å². The number of ether oxygens (including phenoxy) is 2. The number of carboxylic acids is 1. The second-order valence-electron chi connectivity index (χ2n) is 8.68. The quantitative estimate of drug-likeness (QED) is 0.169. The maximum absolute atomic E-state index is 12.1. The van der Waals surface area contributed by atoms with E-state index < -0.39 is 18.2 Å². The second-order valence-corrected chi connectivity index (χ2v) is 14.1. The minimum Gasteiger partial charge on any atom is -0.481 e. The van der Waals surface area contributed by atoms with Crippen LogP contribution < -0.4 is 9.47 Å². The fourth-order valence-corrected chi connectivity index (χ4v) is 3.13. The zero-order valence-electron chi connectivity index (χ0n) is 18.6. The number of hydrogen-bond donors (Lipinski definition) is 1. The number of hydrogen-bond acceptors (Lipinski definition) is 5. The van der Waals surface area contributed by atoms with Gasteiger partial charge in [0.05, 0.1) is 6.42 Å². The van der Waals surface area contributed by atoms with Gasteiger partial charge in [-0.15, -0.1) is 0 Å². The molecule has 172 valence electrons. The molecule has 32 heavy (non-hydrogen) atoms. The van der Waals surface area contributed by atoms with Crippen molar-refractivity contribution in [2.24, 2.45) is 0 Å². The summed E-state index contributed by atoms with van der Waals surface area (Å²) in [5.74, 6) is -0.885. The van der Waals surface area contributed by atoms with Gasteiger partial charge in [0, 0.05) is 5.41 Å². The van der Waals surface area contributed by atoms with E-state index in [1.54, 1.807) is 76.2 Å². The van der Waals surface area contributed by atoms with Gasteiger partial charge in [-0.2, -0.15) is 0 Å². The molecule has 0 aliphatic rings. The number of halogens is 2. The second kappa shape index (κ2) is 10.1. The number of benzene rings is 2. The third-order valence-corrected chi connectivity index (χ3v) is 5.76. The van der Waals surface area contributed by atoms with Crippen molar-refractivity contribution in [2.45, 2.75) is 53.3 Å². The first-order valence-corrected chi connectivity index (χ1v) is 12.0. The lowest BCUT2D eigenvalue weighted by atomic mass is 9.74. The summed E-state index contributed by atoms with van der Waals surface area (Å²) in [4.78, 5) is 35.9. The highest BCUT2D eigenvalue weighted by Crippen LogP contribution is 2.37. The van der Waals surface area contributed by atoms with Crippen molar-refractivity contribution in [1.82, 2.24) is 0 Å². The summed E-state index contributed by atoms with van der Waals surface area (Å²) in [6.45, 7) is 8.88. The van der Waals surface area contributed by atoms with Crippen LogP contribution in [0, 0.1) is 0 Å². The summed E-state index contributed by atoms with van der Waals surface area (Å²) < 4.78 is 9.48. The van der Waals surface area contributed by atoms with Crippen molar-refractivity contribution < 1.29 is 29.0 Å². The Hall–Kier alpha value is -1.69.